The summed E-state index contributed by atoms with van der Waals surface area (Å²) >= 11 is 0. The summed E-state index contributed by atoms with van der Waals surface area (Å²) in [6, 6.07) is 47.7. The Morgan fingerprint density at radius 2 is 0.976 bits per heavy atom. The minimum atomic E-state index is -0.606. The summed E-state index contributed by atoms with van der Waals surface area (Å²) in [6.45, 7) is 6.11. The first-order valence-corrected chi connectivity index (χ1v) is 14.1. The zero-order valence-corrected chi connectivity index (χ0v) is 28.0. The number of nitrogens with one attached hydrogen (secondary N) is 1. The number of benzene rings is 5. The van der Waals surface area contributed by atoms with Crippen LogP contribution in [0.1, 0.15) is 36.7 Å². The van der Waals surface area contributed by atoms with Gasteiger partial charge in [-0.3, -0.25) is 0 Å². The number of hydrogen-bond donors (Lipinski definition) is 0. The van der Waals surface area contributed by atoms with Crippen molar-refractivity contribution in [3.05, 3.63) is 156 Å². The minimum absolute atomic E-state index is 0. The monoisotopic (exact) mass is 641 g/mol. The van der Waals surface area contributed by atoms with Gasteiger partial charge in [-0.1, -0.05) is 152 Å². The van der Waals surface area contributed by atoms with Crippen LogP contribution in [0.3, 0.4) is 0 Å². The van der Waals surface area contributed by atoms with Crippen LogP contribution >= 0.6 is 0 Å². The second kappa shape index (κ2) is 17.8. The van der Waals surface area contributed by atoms with Gasteiger partial charge in [0.25, 0.3) is 0 Å². The van der Waals surface area contributed by atoms with E-state index in [-0.39, 0.29) is 51.9 Å². The third kappa shape index (κ3) is 10.3. The number of rotatable bonds is 3. The molecular weight excluding hydrogens is 609 g/mol. The summed E-state index contributed by atoms with van der Waals surface area (Å²) in [5.74, 6) is -0.606. The molecule has 6 rings (SSSR count). The molecule has 6 aromatic carbocycles. The molecule has 0 aliphatic heterocycles. The standard InChI is InChI=1S/C13H9.C12H10Si.C11H15NO.2ClH.Ti/c1-3-7-12-10(5-1)9-11-6-2-4-8-13(11)12;1-3-7-11(8-4-1)13-12-9-5-2-6-10-12;1-11(2,3)9-7-5-4-6-8(9)10(12)13;;;/h1-9H;1-10H;4-7H,1-3H3,(H2,12,13);2*1H;/q-1;;;;;+4/p-3. The van der Waals surface area contributed by atoms with Gasteiger partial charge in [-0.25, -0.2) is 0 Å². The quantitative estimate of drug-likeness (QED) is 0.216. The van der Waals surface area contributed by atoms with E-state index in [1.807, 2.05) is 32.9 Å². The molecule has 0 spiro atoms. The average molecular weight is 643 g/mol. The SMILES string of the molecule is CC(C)(C)c1ccccc1C([NH-])=O.[Cl-].[Cl-].[Ti+4].c1ccc([Si]c2ccccc2)cc1.c1ccc2c(c1)[cH-]c1ccccc12. The van der Waals surface area contributed by atoms with E-state index in [9.17, 15) is 4.79 Å². The van der Waals surface area contributed by atoms with E-state index in [0.717, 1.165) is 15.1 Å². The van der Waals surface area contributed by atoms with Crippen LogP contribution in [0.2, 0.25) is 0 Å². The molecule has 0 aliphatic rings. The van der Waals surface area contributed by atoms with Crippen molar-refractivity contribution in [1.82, 2.24) is 0 Å². The number of halogens is 2. The number of fused-ring (bicyclic) bond motifs is 3. The smallest absolute Gasteiger partial charge is 1.00 e. The van der Waals surface area contributed by atoms with Gasteiger partial charge in [0, 0.05) is 5.56 Å². The molecule has 0 unspecified atom stereocenters. The summed E-state index contributed by atoms with van der Waals surface area (Å²) in [7, 11) is 0.777. The third-order valence-corrected chi connectivity index (χ3v) is 7.58. The van der Waals surface area contributed by atoms with Crippen molar-refractivity contribution in [2.24, 2.45) is 0 Å². The molecule has 6 heteroatoms. The van der Waals surface area contributed by atoms with Crippen molar-refractivity contribution >= 4 is 47.3 Å². The van der Waals surface area contributed by atoms with Crippen LogP contribution in [0.15, 0.2) is 140 Å². The molecule has 1 N–H and O–H groups in total. The summed E-state index contributed by atoms with van der Waals surface area (Å²) < 4.78 is 0. The molecule has 0 aliphatic carbocycles. The van der Waals surface area contributed by atoms with Gasteiger partial charge < -0.3 is 35.3 Å². The first kappa shape index (κ1) is 37.0. The molecule has 0 aromatic heterocycles. The predicted molar refractivity (Wildman–Crippen MR) is 169 cm³/mol. The molecule has 0 saturated heterocycles. The van der Waals surface area contributed by atoms with Crippen LogP contribution in [0.5, 0.6) is 0 Å². The first-order valence-electron chi connectivity index (χ1n) is 13.1. The second-order valence-corrected chi connectivity index (χ2v) is 11.7. The Labute approximate surface area is 279 Å². The molecule has 1 amide bonds. The number of hydrogen-bond acceptors (Lipinski definition) is 1. The van der Waals surface area contributed by atoms with Gasteiger partial charge in [0.15, 0.2) is 0 Å². The van der Waals surface area contributed by atoms with E-state index in [1.165, 1.54) is 31.9 Å². The second-order valence-electron chi connectivity index (χ2n) is 10.3. The summed E-state index contributed by atoms with van der Waals surface area (Å²) in [6.07, 6.45) is 0. The molecule has 2 radical (unpaired) electrons. The van der Waals surface area contributed by atoms with E-state index < -0.39 is 5.91 Å². The average Bonchev–Trinajstić information content (AvgIpc) is 3.33. The molecule has 0 fully saturated rings. The number of carbonyl (C=O) groups is 1. The molecular formula is C36H33Cl2NOSiTi. The maximum atomic E-state index is 11.0. The normalized spacial score (nSPS) is 9.98. The Kier molecular flexibility index (Phi) is 15.7. The Balaban J connectivity index is 0.000000304. The number of carbonyl (C=O) groups excluding carboxylic acids is 1. The maximum absolute atomic E-state index is 11.0. The van der Waals surface area contributed by atoms with Crippen molar-refractivity contribution < 1.29 is 51.3 Å². The van der Waals surface area contributed by atoms with Crippen molar-refractivity contribution in [1.29, 1.82) is 0 Å². The van der Waals surface area contributed by atoms with Crippen molar-refractivity contribution in [2.75, 3.05) is 0 Å². The van der Waals surface area contributed by atoms with Gasteiger partial charge in [-0.05, 0) is 11.0 Å². The van der Waals surface area contributed by atoms with Crippen molar-refractivity contribution in [3.8, 4) is 0 Å². The Morgan fingerprint density at radius 3 is 1.38 bits per heavy atom. The van der Waals surface area contributed by atoms with Crippen LogP contribution in [0.4, 0.5) is 0 Å². The molecule has 42 heavy (non-hydrogen) atoms. The third-order valence-electron chi connectivity index (χ3n) is 6.34. The van der Waals surface area contributed by atoms with Gasteiger partial charge in [0.2, 0.25) is 0 Å². The van der Waals surface area contributed by atoms with E-state index in [1.54, 1.807) is 12.1 Å². The minimum Gasteiger partial charge on any atom is -1.00 e. The van der Waals surface area contributed by atoms with Gasteiger partial charge >= 0.3 is 21.7 Å². The zero-order chi connectivity index (χ0) is 27.7. The van der Waals surface area contributed by atoms with Gasteiger partial charge in [-0.2, -0.15) is 0 Å². The molecule has 6 aromatic rings. The predicted octanol–water partition coefficient (Wildman–Crippen LogP) is 2.24. The molecule has 0 saturated carbocycles. The van der Waals surface area contributed by atoms with Gasteiger partial charge in [0.05, 0.1) is 5.91 Å². The van der Waals surface area contributed by atoms with E-state index in [4.69, 9.17) is 5.73 Å². The number of amides is 1. The Hall–Kier alpha value is -3.05. The van der Waals surface area contributed by atoms with Gasteiger partial charge in [0.1, 0.15) is 9.52 Å². The zero-order valence-electron chi connectivity index (χ0n) is 23.9. The topological polar surface area (TPSA) is 40.9 Å². The molecule has 210 valence electrons. The van der Waals surface area contributed by atoms with Crippen molar-refractivity contribution in [3.63, 3.8) is 0 Å². The van der Waals surface area contributed by atoms with Crippen molar-refractivity contribution in [2.45, 2.75) is 26.2 Å². The maximum Gasteiger partial charge on any atom is 4.00 e. The molecule has 0 atom stereocenters. The van der Waals surface area contributed by atoms with Gasteiger partial charge in [-0.15, -0.1) is 39.7 Å². The molecule has 0 bridgehead atoms. The molecule has 0 heterocycles. The summed E-state index contributed by atoms with van der Waals surface area (Å²) in [5.41, 5.74) is 8.47. The fourth-order valence-corrected chi connectivity index (χ4v) is 5.50. The fourth-order valence-electron chi connectivity index (χ4n) is 4.45. The fraction of sp³-hybridized carbons (Fsp3) is 0.111. The van der Waals surface area contributed by atoms with E-state index in [0.29, 0.717) is 5.56 Å². The van der Waals surface area contributed by atoms with Crippen LogP contribution in [0, 0.1) is 0 Å². The van der Waals surface area contributed by atoms with E-state index >= 15 is 0 Å². The Morgan fingerprint density at radius 1 is 0.595 bits per heavy atom. The molecule has 2 nitrogen and oxygen atoms in total. The van der Waals surface area contributed by atoms with E-state index in [2.05, 4.69) is 115 Å². The van der Waals surface area contributed by atoms with Crippen LogP contribution in [-0.4, -0.2) is 15.4 Å². The summed E-state index contributed by atoms with van der Waals surface area (Å²) in [4.78, 5) is 11.0. The van der Waals surface area contributed by atoms with Crippen LogP contribution < -0.4 is 35.2 Å². The Bertz CT molecular complexity index is 1560. The summed E-state index contributed by atoms with van der Waals surface area (Å²) in [5, 5.41) is 8.19. The largest absolute Gasteiger partial charge is 4.00 e. The van der Waals surface area contributed by atoms with Crippen LogP contribution in [0.25, 0.3) is 27.3 Å². The van der Waals surface area contributed by atoms with Crippen LogP contribution in [-0.2, 0) is 27.1 Å². The first-order chi connectivity index (χ1) is 18.8.